The third kappa shape index (κ3) is 7.03. The van der Waals surface area contributed by atoms with Crippen LogP contribution in [0.15, 0.2) is 0 Å². The molecular formula is C11H25NO. The molecule has 0 aromatic heterocycles. The van der Waals surface area contributed by atoms with E-state index in [1.54, 1.807) is 7.11 Å². The summed E-state index contributed by atoms with van der Waals surface area (Å²) in [5.41, 5.74) is 0. The summed E-state index contributed by atoms with van der Waals surface area (Å²) in [6.07, 6.45) is 4.89. The van der Waals surface area contributed by atoms with E-state index >= 15 is 0 Å². The number of rotatable bonds is 8. The topological polar surface area (TPSA) is 21.3 Å². The highest BCUT2D eigenvalue weighted by atomic mass is 16.5. The predicted molar refractivity (Wildman–Crippen MR) is 58.1 cm³/mol. The lowest BCUT2D eigenvalue weighted by Crippen LogP contribution is -2.36. The van der Waals surface area contributed by atoms with Crippen LogP contribution < -0.4 is 5.32 Å². The van der Waals surface area contributed by atoms with Crippen molar-refractivity contribution in [2.24, 2.45) is 0 Å². The van der Waals surface area contributed by atoms with Crippen molar-refractivity contribution in [1.82, 2.24) is 5.32 Å². The maximum Gasteiger partial charge on any atom is 0.0476 e. The molecule has 0 saturated carbocycles. The molecule has 0 spiro atoms. The first-order valence-corrected chi connectivity index (χ1v) is 5.49. The summed E-state index contributed by atoms with van der Waals surface area (Å²) < 4.78 is 5.05. The van der Waals surface area contributed by atoms with E-state index in [9.17, 15) is 0 Å². The zero-order valence-electron chi connectivity index (χ0n) is 9.60. The van der Waals surface area contributed by atoms with Crippen LogP contribution in [0.4, 0.5) is 0 Å². The molecule has 2 unspecified atom stereocenters. The molecule has 2 atom stereocenters. The van der Waals surface area contributed by atoms with Gasteiger partial charge in [0.2, 0.25) is 0 Å². The minimum Gasteiger partial charge on any atom is -0.385 e. The summed E-state index contributed by atoms with van der Waals surface area (Å²) in [4.78, 5) is 0. The first-order valence-electron chi connectivity index (χ1n) is 5.49. The Morgan fingerprint density at radius 2 is 1.92 bits per heavy atom. The number of hydrogen-bond donors (Lipinski definition) is 1. The van der Waals surface area contributed by atoms with Gasteiger partial charge < -0.3 is 10.1 Å². The Morgan fingerprint density at radius 3 is 2.38 bits per heavy atom. The fourth-order valence-corrected chi connectivity index (χ4v) is 1.53. The quantitative estimate of drug-likeness (QED) is 0.630. The van der Waals surface area contributed by atoms with Crippen LogP contribution in [-0.2, 0) is 4.74 Å². The van der Waals surface area contributed by atoms with Crippen LogP contribution >= 0.6 is 0 Å². The summed E-state index contributed by atoms with van der Waals surface area (Å²) in [7, 11) is 1.76. The molecular weight excluding hydrogens is 162 g/mol. The molecule has 80 valence electrons. The van der Waals surface area contributed by atoms with Gasteiger partial charge >= 0.3 is 0 Å². The van der Waals surface area contributed by atoms with Crippen molar-refractivity contribution in [3.63, 3.8) is 0 Å². The van der Waals surface area contributed by atoms with E-state index < -0.39 is 0 Å². The fraction of sp³-hybridized carbons (Fsp3) is 1.00. The lowest BCUT2D eigenvalue weighted by Gasteiger charge is -2.21. The van der Waals surface area contributed by atoms with E-state index in [2.05, 4.69) is 26.1 Å². The zero-order valence-corrected chi connectivity index (χ0v) is 9.60. The Labute approximate surface area is 83.1 Å². The molecule has 0 heterocycles. The molecule has 0 aliphatic heterocycles. The lowest BCUT2D eigenvalue weighted by molar-refractivity contribution is 0.182. The first-order chi connectivity index (χ1) is 6.24. The SMILES string of the molecule is CCCC(CC)NC(C)CCOC. The van der Waals surface area contributed by atoms with E-state index in [1.807, 2.05) is 0 Å². The first kappa shape index (κ1) is 12.9. The second kappa shape index (κ2) is 8.52. The number of ether oxygens (including phenoxy) is 1. The fourth-order valence-electron chi connectivity index (χ4n) is 1.53. The molecule has 0 aliphatic carbocycles. The van der Waals surface area contributed by atoms with Gasteiger partial charge in [-0.05, 0) is 26.2 Å². The molecule has 0 rings (SSSR count). The van der Waals surface area contributed by atoms with Gasteiger partial charge in [-0.1, -0.05) is 20.3 Å². The molecule has 1 N–H and O–H groups in total. The van der Waals surface area contributed by atoms with Gasteiger partial charge in [-0.3, -0.25) is 0 Å². The highest BCUT2D eigenvalue weighted by Gasteiger charge is 2.08. The predicted octanol–water partition coefficient (Wildman–Crippen LogP) is 2.58. The molecule has 0 radical (unpaired) electrons. The van der Waals surface area contributed by atoms with Gasteiger partial charge in [-0.25, -0.2) is 0 Å². The van der Waals surface area contributed by atoms with Crippen LogP contribution in [0.25, 0.3) is 0 Å². The normalized spacial score (nSPS) is 15.7. The van der Waals surface area contributed by atoms with Crippen molar-refractivity contribution in [3.8, 4) is 0 Å². The van der Waals surface area contributed by atoms with Crippen LogP contribution in [-0.4, -0.2) is 25.8 Å². The Hall–Kier alpha value is -0.0800. The number of methoxy groups -OCH3 is 1. The smallest absolute Gasteiger partial charge is 0.0476 e. The molecule has 2 nitrogen and oxygen atoms in total. The molecule has 0 aliphatic rings. The van der Waals surface area contributed by atoms with Crippen LogP contribution in [0, 0.1) is 0 Å². The lowest BCUT2D eigenvalue weighted by atomic mass is 10.1. The Morgan fingerprint density at radius 1 is 1.23 bits per heavy atom. The molecule has 0 fully saturated rings. The van der Waals surface area contributed by atoms with Crippen molar-refractivity contribution < 1.29 is 4.74 Å². The third-order valence-corrected chi connectivity index (χ3v) is 2.41. The average molecular weight is 187 g/mol. The van der Waals surface area contributed by atoms with Gasteiger partial charge in [-0.15, -0.1) is 0 Å². The largest absolute Gasteiger partial charge is 0.385 e. The van der Waals surface area contributed by atoms with Gasteiger partial charge in [0.05, 0.1) is 0 Å². The van der Waals surface area contributed by atoms with Crippen molar-refractivity contribution >= 4 is 0 Å². The average Bonchev–Trinajstić information content (AvgIpc) is 2.14. The van der Waals surface area contributed by atoms with Gasteiger partial charge in [0.25, 0.3) is 0 Å². The molecule has 2 heteroatoms. The van der Waals surface area contributed by atoms with Crippen molar-refractivity contribution in [3.05, 3.63) is 0 Å². The van der Waals surface area contributed by atoms with Gasteiger partial charge in [0.15, 0.2) is 0 Å². The van der Waals surface area contributed by atoms with Crippen LogP contribution in [0.3, 0.4) is 0 Å². The summed E-state index contributed by atoms with van der Waals surface area (Å²) >= 11 is 0. The number of hydrogen-bond acceptors (Lipinski definition) is 2. The van der Waals surface area contributed by atoms with Crippen LogP contribution in [0.2, 0.25) is 0 Å². The summed E-state index contributed by atoms with van der Waals surface area (Å²) in [5.74, 6) is 0. The van der Waals surface area contributed by atoms with Crippen molar-refractivity contribution in [2.45, 2.75) is 58.5 Å². The van der Waals surface area contributed by atoms with E-state index in [4.69, 9.17) is 4.74 Å². The van der Waals surface area contributed by atoms with Gasteiger partial charge in [-0.2, -0.15) is 0 Å². The molecule has 0 saturated heterocycles. The third-order valence-electron chi connectivity index (χ3n) is 2.41. The second-order valence-electron chi connectivity index (χ2n) is 3.74. The summed E-state index contributed by atoms with van der Waals surface area (Å²) in [6.45, 7) is 7.58. The Kier molecular flexibility index (Phi) is 8.46. The maximum absolute atomic E-state index is 5.05. The minimum atomic E-state index is 0.580. The van der Waals surface area contributed by atoms with Crippen LogP contribution in [0.5, 0.6) is 0 Å². The van der Waals surface area contributed by atoms with Crippen molar-refractivity contribution in [2.75, 3.05) is 13.7 Å². The van der Waals surface area contributed by atoms with E-state index in [0.717, 1.165) is 13.0 Å². The summed E-state index contributed by atoms with van der Waals surface area (Å²) in [5, 5.41) is 3.62. The highest BCUT2D eigenvalue weighted by molar-refractivity contribution is 4.69. The summed E-state index contributed by atoms with van der Waals surface area (Å²) in [6, 6.07) is 1.27. The standard InChI is InChI=1S/C11H25NO/c1-5-7-11(6-2)12-10(3)8-9-13-4/h10-12H,5-9H2,1-4H3. The van der Waals surface area contributed by atoms with E-state index in [1.165, 1.54) is 19.3 Å². The maximum atomic E-state index is 5.05. The second-order valence-corrected chi connectivity index (χ2v) is 3.74. The van der Waals surface area contributed by atoms with E-state index in [-0.39, 0.29) is 0 Å². The Bertz CT molecular complexity index is 106. The molecule has 0 bridgehead atoms. The van der Waals surface area contributed by atoms with Crippen LogP contribution in [0.1, 0.15) is 46.5 Å². The van der Waals surface area contributed by atoms with Crippen molar-refractivity contribution in [1.29, 1.82) is 0 Å². The minimum absolute atomic E-state index is 0.580. The molecule has 0 amide bonds. The molecule has 13 heavy (non-hydrogen) atoms. The monoisotopic (exact) mass is 187 g/mol. The molecule has 0 aromatic rings. The van der Waals surface area contributed by atoms with Gasteiger partial charge in [0.1, 0.15) is 0 Å². The molecule has 0 aromatic carbocycles. The number of nitrogens with one attached hydrogen (secondary N) is 1. The Balaban J connectivity index is 3.53. The highest BCUT2D eigenvalue weighted by Crippen LogP contribution is 2.03. The van der Waals surface area contributed by atoms with Gasteiger partial charge in [0, 0.05) is 25.8 Å². The van der Waals surface area contributed by atoms with E-state index in [0.29, 0.717) is 12.1 Å². The zero-order chi connectivity index (χ0) is 10.1.